The molecule has 1 aliphatic rings. The van der Waals surface area contributed by atoms with Crippen molar-refractivity contribution in [3.63, 3.8) is 0 Å². The number of rotatable bonds is 4. The van der Waals surface area contributed by atoms with Crippen LogP contribution in [0.5, 0.6) is 11.5 Å². The van der Waals surface area contributed by atoms with Crippen molar-refractivity contribution in [2.24, 2.45) is 0 Å². The third-order valence-electron chi connectivity index (χ3n) is 2.67. The van der Waals surface area contributed by atoms with E-state index in [9.17, 15) is 4.79 Å². The van der Waals surface area contributed by atoms with Gasteiger partial charge in [0.05, 0.1) is 43.5 Å². The molecule has 1 N–H and O–H groups in total. The van der Waals surface area contributed by atoms with Gasteiger partial charge in [-0.25, -0.2) is 0 Å². The highest BCUT2D eigenvalue weighted by Crippen LogP contribution is 2.33. The number of nitrogens with one attached hydrogen (secondary N) is 1. The Morgan fingerprint density at radius 2 is 2.11 bits per heavy atom. The SMILES string of the molecule is COc1cc(Br)c(OC)c(C(=O)NC2COC2)c1. The van der Waals surface area contributed by atoms with Gasteiger partial charge < -0.3 is 19.5 Å². The molecule has 1 heterocycles. The second kappa shape index (κ2) is 5.58. The molecule has 1 fully saturated rings. The predicted molar refractivity (Wildman–Crippen MR) is 69.3 cm³/mol. The predicted octanol–water partition coefficient (Wildman–Crippen LogP) is 1.59. The van der Waals surface area contributed by atoms with Gasteiger partial charge in [-0.15, -0.1) is 0 Å². The second-order valence-electron chi connectivity index (χ2n) is 3.90. The Morgan fingerprint density at radius 3 is 2.61 bits per heavy atom. The maximum atomic E-state index is 12.1. The fourth-order valence-electron chi connectivity index (χ4n) is 1.64. The van der Waals surface area contributed by atoms with Crippen molar-refractivity contribution < 1.29 is 19.0 Å². The molecule has 0 spiro atoms. The average Bonchev–Trinajstić information content (AvgIpc) is 2.32. The number of methoxy groups -OCH3 is 2. The Bertz CT molecular complexity index is 460. The van der Waals surface area contributed by atoms with Crippen molar-refractivity contribution in [1.29, 1.82) is 0 Å². The molecule has 1 aliphatic heterocycles. The zero-order valence-corrected chi connectivity index (χ0v) is 11.7. The number of benzene rings is 1. The Hall–Kier alpha value is -1.27. The van der Waals surface area contributed by atoms with Crippen LogP contribution in [0.1, 0.15) is 10.4 Å². The van der Waals surface area contributed by atoms with Gasteiger partial charge in [0, 0.05) is 0 Å². The van der Waals surface area contributed by atoms with E-state index in [-0.39, 0.29) is 11.9 Å². The normalized spacial score (nSPS) is 14.8. The van der Waals surface area contributed by atoms with Crippen molar-refractivity contribution in [3.05, 3.63) is 22.2 Å². The number of carbonyl (C=O) groups excluding carboxylic acids is 1. The van der Waals surface area contributed by atoms with Crippen molar-refractivity contribution in [2.45, 2.75) is 6.04 Å². The number of hydrogen-bond donors (Lipinski definition) is 1. The van der Waals surface area contributed by atoms with Crippen LogP contribution in [0.3, 0.4) is 0 Å². The molecule has 6 heteroatoms. The van der Waals surface area contributed by atoms with Crippen LogP contribution in [-0.4, -0.2) is 39.4 Å². The quantitative estimate of drug-likeness (QED) is 0.917. The van der Waals surface area contributed by atoms with E-state index < -0.39 is 0 Å². The molecule has 5 nitrogen and oxygen atoms in total. The van der Waals surface area contributed by atoms with Crippen LogP contribution in [0, 0.1) is 0 Å². The lowest BCUT2D eigenvalue weighted by molar-refractivity contribution is -0.00351. The van der Waals surface area contributed by atoms with Gasteiger partial charge in [-0.2, -0.15) is 0 Å². The van der Waals surface area contributed by atoms with Crippen molar-refractivity contribution in [3.8, 4) is 11.5 Å². The van der Waals surface area contributed by atoms with Crippen molar-refractivity contribution >= 4 is 21.8 Å². The van der Waals surface area contributed by atoms with Gasteiger partial charge in [-0.1, -0.05) is 0 Å². The van der Waals surface area contributed by atoms with E-state index in [0.29, 0.717) is 34.7 Å². The summed E-state index contributed by atoms with van der Waals surface area (Å²) in [6.07, 6.45) is 0. The van der Waals surface area contributed by atoms with Crippen LogP contribution in [0.4, 0.5) is 0 Å². The fraction of sp³-hybridized carbons (Fsp3) is 0.417. The van der Waals surface area contributed by atoms with Crippen LogP contribution < -0.4 is 14.8 Å². The summed E-state index contributed by atoms with van der Waals surface area (Å²) in [4.78, 5) is 12.1. The molecule has 0 radical (unpaired) electrons. The van der Waals surface area contributed by atoms with E-state index in [0.717, 1.165) is 0 Å². The number of halogens is 1. The lowest BCUT2D eigenvalue weighted by Crippen LogP contribution is -2.48. The molecule has 1 aromatic carbocycles. The molecule has 0 atom stereocenters. The number of hydrogen-bond acceptors (Lipinski definition) is 4. The third kappa shape index (κ3) is 2.59. The summed E-state index contributed by atoms with van der Waals surface area (Å²) in [6.45, 7) is 1.11. The van der Waals surface area contributed by atoms with Gasteiger partial charge >= 0.3 is 0 Å². The molecule has 0 aromatic heterocycles. The summed E-state index contributed by atoms with van der Waals surface area (Å²) < 4.78 is 16.1. The maximum absolute atomic E-state index is 12.1. The van der Waals surface area contributed by atoms with E-state index >= 15 is 0 Å². The smallest absolute Gasteiger partial charge is 0.255 e. The molecule has 1 aromatic rings. The minimum atomic E-state index is -0.195. The molecule has 1 amide bonds. The summed E-state index contributed by atoms with van der Waals surface area (Å²) in [6, 6.07) is 3.48. The summed E-state index contributed by atoms with van der Waals surface area (Å²) >= 11 is 3.35. The standard InChI is InChI=1S/C12H14BrNO4/c1-16-8-3-9(11(17-2)10(13)4-8)12(15)14-7-5-18-6-7/h3-4,7H,5-6H2,1-2H3,(H,14,15). The third-order valence-corrected chi connectivity index (χ3v) is 3.26. The van der Waals surface area contributed by atoms with E-state index in [4.69, 9.17) is 14.2 Å². The Morgan fingerprint density at radius 1 is 1.39 bits per heavy atom. The molecular weight excluding hydrogens is 302 g/mol. The first kappa shape index (κ1) is 13.2. The molecule has 0 aliphatic carbocycles. The highest BCUT2D eigenvalue weighted by Gasteiger charge is 2.24. The van der Waals surface area contributed by atoms with E-state index in [2.05, 4.69) is 21.2 Å². The first-order valence-electron chi connectivity index (χ1n) is 5.46. The lowest BCUT2D eigenvalue weighted by Gasteiger charge is -2.27. The minimum absolute atomic E-state index is 0.0761. The summed E-state index contributed by atoms with van der Waals surface area (Å²) in [5, 5.41) is 2.87. The fourth-order valence-corrected chi connectivity index (χ4v) is 2.25. The number of ether oxygens (including phenoxy) is 3. The first-order valence-corrected chi connectivity index (χ1v) is 6.25. The highest BCUT2D eigenvalue weighted by atomic mass is 79.9. The van der Waals surface area contributed by atoms with Gasteiger partial charge in [-0.05, 0) is 28.1 Å². The van der Waals surface area contributed by atoms with Gasteiger partial charge in [0.2, 0.25) is 0 Å². The van der Waals surface area contributed by atoms with Gasteiger partial charge in [0.15, 0.2) is 0 Å². The molecule has 0 unspecified atom stereocenters. The lowest BCUT2D eigenvalue weighted by atomic mass is 10.1. The van der Waals surface area contributed by atoms with E-state index in [1.54, 1.807) is 19.2 Å². The molecule has 1 saturated heterocycles. The average molecular weight is 316 g/mol. The molecule has 0 bridgehead atoms. The van der Waals surface area contributed by atoms with Crippen LogP contribution in [-0.2, 0) is 4.74 Å². The molecule has 0 saturated carbocycles. The summed E-state index contributed by atoms with van der Waals surface area (Å²) in [5.74, 6) is 0.894. The largest absolute Gasteiger partial charge is 0.497 e. The molecule has 18 heavy (non-hydrogen) atoms. The Labute approximate surface area is 114 Å². The van der Waals surface area contributed by atoms with E-state index in [1.807, 2.05) is 0 Å². The maximum Gasteiger partial charge on any atom is 0.255 e. The zero-order chi connectivity index (χ0) is 13.1. The minimum Gasteiger partial charge on any atom is -0.497 e. The van der Waals surface area contributed by atoms with Gasteiger partial charge in [0.1, 0.15) is 11.5 Å². The first-order chi connectivity index (χ1) is 8.65. The molecular formula is C12H14BrNO4. The topological polar surface area (TPSA) is 56.8 Å². The molecule has 2 rings (SSSR count). The van der Waals surface area contributed by atoms with Crippen LogP contribution in [0.25, 0.3) is 0 Å². The van der Waals surface area contributed by atoms with Crippen molar-refractivity contribution in [2.75, 3.05) is 27.4 Å². The second-order valence-corrected chi connectivity index (χ2v) is 4.75. The van der Waals surface area contributed by atoms with Gasteiger partial charge in [0.25, 0.3) is 5.91 Å². The van der Waals surface area contributed by atoms with E-state index in [1.165, 1.54) is 7.11 Å². The number of amides is 1. The van der Waals surface area contributed by atoms with Crippen LogP contribution >= 0.6 is 15.9 Å². The monoisotopic (exact) mass is 315 g/mol. The Kier molecular flexibility index (Phi) is 4.08. The van der Waals surface area contributed by atoms with Crippen LogP contribution in [0.2, 0.25) is 0 Å². The molecule has 98 valence electrons. The summed E-state index contributed by atoms with van der Waals surface area (Å²) in [5.41, 5.74) is 0.440. The zero-order valence-electron chi connectivity index (χ0n) is 10.2. The van der Waals surface area contributed by atoms with Gasteiger partial charge in [-0.3, -0.25) is 4.79 Å². The highest BCUT2D eigenvalue weighted by molar-refractivity contribution is 9.10. The Balaban J connectivity index is 2.28. The summed E-state index contributed by atoms with van der Waals surface area (Å²) in [7, 11) is 3.07. The number of carbonyl (C=O) groups is 1. The van der Waals surface area contributed by atoms with Crippen molar-refractivity contribution in [1.82, 2.24) is 5.32 Å². The van der Waals surface area contributed by atoms with Crippen LogP contribution in [0.15, 0.2) is 16.6 Å².